The van der Waals surface area contributed by atoms with Crippen LogP contribution in [0.1, 0.15) is 59.6 Å². The summed E-state index contributed by atoms with van der Waals surface area (Å²) in [6.45, 7) is 1.25. The van der Waals surface area contributed by atoms with E-state index < -0.39 is 5.91 Å². The Balaban J connectivity index is 1.20. The molecule has 0 unspecified atom stereocenters. The fourth-order valence-electron chi connectivity index (χ4n) is 5.04. The van der Waals surface area contributed by atoms with Gasteiger partial charge < -0.3 is 5.73 Å². The Morgan fingerprint density at radius 2 is 1.97 bits per heavy atom. The number of nitrogens with two attached hydrogens (primary N) is 1. The molecule has 1 aromatic carbocycles. The van der Waals surface area contributed by atoms with E-state index in [9.17, 15) is 9.59 Å². The second kappa shape index (κ2) is 9.23. The van der Waals surface area contributed by atoms with Crippen molar-refractivity contribution in [1.29, 1.82) is 5.26 Å². The molecule has 0 radical (unpaired) electrons. The van der Waals surface area contributed by atoms with Crippen LogP contribution in [0.25, 0.3) is 10.9 Å². The number of carbonyl (C=O) groups is 2. The summed E-state index contributed by atoms with van der Waals surface area (Å²) in [4.78, 5) is 34.5. The van der Waals surface area contributed by atoms with Crippen molar-refractivity contribution in [3.63, 3.8) is 0 Å². The van der Waals surface area contributed by atoms with Crippen molar-refractivity contribution < 1.29 is 14.4 Å². The molecule has 2 N–H and O–H groups in total. The molecule has 1 aliphatic carbocycles. The van der Waals surface area contributed by atoms with Gasteiger partial charge in [0.15, 0.2) is 0 Å². The number of aromatic nitrogens is 3. The summed E-state index contributed by atoms with van der Waals surface area (Å²) in [6.07, 6.45) is 9.39. The summed E-state index contributed by atoms with van der Waals surface area (Å²) in [7, 11) is 0. The minimum Gasteiger partial charge on any atom is -0.366 e. The second-order valence-corrected chi connectivity index (χ2v) is 9.13. The smallest absolute Gasteiger partial charge is 0.249 e. The van der Waals surface area contributed by atoms with Crippen LogP contribution in [0.3, 0.4) is 0 Å². The molecule has 34 heavy (non-hydrogen) atoms. The fourth-order valence-corrected chi connectivity index (χ4v) is 5.04. The first-order valence-corrected chi connectivity index (χ1v) is 11.6. The molecule has 9 nitrogen and oxygen atoms in total. The molecule has 3 heterocycles. The number of fused-ring (bicyclic) bond motifs is 1. The van der Waals surface area contributed by atoms with Crippen LogP contribution in [0, 0.1) is 23.2 Å². The summed E-state index contributed by atoms with van der Waals surface area (Å²) < 4.78 is 1.93. The second-order valence-electron chi connectivity index (χ2n) is 9.13. The van der Waals surface area contributed by atoms with Crippen molar-refractivity contribution in [1.82, 2.24) is 19.8 Å². The van der Waals surface area contributed by atoms with Gasteiger partial charge in [0.05, 0.1) is 23.7 Å². The van der Waals surface area contributed by atoms with Crippen LogP contribution >= 0.6 is 0 Å². The number of primary amides is 1. The molecule has 3 aromatic rings. The Morgan fingerprint density at radius 3 is 2.74 bits per heavy atom. The van der Waals surface area contributed by atoms with Crippen LogP contribution in [0.15, 0.2) is 42.9 Å². The van der Waals surface area contributed by atoms with Gasteiger partial charge in [0.2, 0.25) is 11.8 Å². The standard InChI is InChI=1S/C25H26N6O3/c26-11-17-9-21(13-28-12-17)23-7-8-34-31(23)25(33)18-3-1-16(2-4-18)14-30-15-20-6-5-19(24(27)32)10-22(20)29-30/h5-6,9-10,12-13,15-16,18,23H,1-4,7-8,14H2,(H2,27,32)/t16?,18?,23-/m0/s1. The van der Waals surface area contributed by atoms with Crippen LogP contribution in [0.2, 0.25) is 0 Å². The lowest BCUT2D eigenvalue weighted by atomic mass is 9.81. The van der Waals surface area contributed by atoms with E-state index in [-0.39, 0.29) is 17.9 Å². The summed E-state index contributed by atoms with van der Waals surface area (Å²) in [5.74, 6) is -0.0793. The first-order chi connectivity index (χ1) is 16.5. The van der Waals surface area contributed by atoms with Crippen molar-refractivity contribution in [2.24, 2.45) is 17.6 Å². The monoisotopic (exact) mass is 458 g/mol. The molecule has 9 heteroatoms. The topological polar surface area (TPSA) is 127 Å². The maximum atomic E-state index is 13.3. The first kappa shape index (κ1) is 22.0. The minimum atomic E-state index is -0.460. The lowest BCUT2D eigenvalue weighted by Gasteiger charge is -2.31. The van der Waals surface area contributed by atoms with Gasteiger partial charge in [-0.2, -0.15) is 10.4 Å². The number of hydrogen-bond acceptors (Lipinski definition) is 6. The van der Waals surface area contributed by atoms with Crippen molar-refractivity contribution in [3.05, 3.63) is 59.5 Å². The van der Waals surface area contributed by atoms with Crippen LogP contribution in [0.5, 0.6) is 0 Å². The highest BCUT2D eigenvalue weighted by Gasteiger charge is 2.37. The zero-order valence-electron chi connectivity index (χ0n) is 18.8. The molecule has 2 aromatic heterocycles. The molecular formula is C25H26N6O3. The Morgan fingerprint density at radius 1 is 1.15 bits per heavy atom. The van der Waals surface area contributed by atoms with E-state index in [0.29, 0.717) is 30.1 Å². The molecule has 2 fully saturated rings. The van der Waals surface area contributed by atoms with Crippen LogP contribution < -0.4 is 5.73 Å². The lowest BCUT2D eigenvalue weighted by molar-refractivity contribution is -0.183. The Bertz CT molecular complexity index is 1270. The van der Waals surface area contributed by atoms with Crippen LogP contribution in [-0.4, -0.2) is 38.2 Å². The van der Waals surface area contributed by atoms with E-state index in [4.69, 9.17) is 15.8 Å². The average molecular weight is 459 g/mol. The normalized spacial score (nSPS) is 22.6. The molecule has 2 amide bonds. The van der Waals surface area contributed by atoms with Gasteiger partial charge in [0.25, 0.3) is 0 Å². The van der Waals surface area contributed by atoms with Crippen LogP contribution in [0.4, 0.5) is 0 Å². The van der Waals surface area contributed by atoms with E-state index in [1.807, 2.05) is 16.9 Å². The third kappa shape index (κ3) is 4.37. The Labute approximate surface area is 197 Å². The predicted octanol–water partition coefficient (Wildman–Crippen LogP) is 3.11. The van der Waals surface area contributed by atoms with Gasteiger partial charge in [-0.1, -0.05) is 6.07 Å². The number of benzene rings is 1. The molecule has 1 atom stereocenters. The largest absolute Gasteiger partial charge is 0.366 e. The van der Waals surface area contributed by atoms with E-state index >= 15 is 0 Å². The quantitative estimate of drug-likeness (QED) is 0.626. The summed E-state index contributed by atoms with van der Waals surface area (Å²) >= 11 is 0. The number of amides is 2. The average Bonchev–Trinajstić information content (AvgIpc) is 3.50. The number of hydroxylamine groups is 2. The molecule has 0 bridgehead atoms. The number of pyridine rings is 1. The first-order valence-electron chi connectivity index (χ1n) is 11.6. The van der Waals surface area contributed by atoms with Crippen molar-refractivity contribution in [3.8, 4) is 6.07 Å². The Kier molecular flexibility index (Phi) is 5.99. The van der Waals surface area contributed by atoms with Gasteiger partial charge in [-0.25, -0.2) is 5.06 Å². The van der Waals surface area contributed by atoms with Crippen LogP contribution in [-0.2, 0) is 16.2 Å². The SMILES string of the molecule is N#Cc1cncc([C@@H]2CCON2C(=O)C2CCC(Cn3cc4ccc(C(N)=O)cc4n3)CC2)c1. The highest BCUT2D eigenvalue weighted by atomic mass is 16.7. The van der Waals surface area contributed by atoms with E-state index in [1.54, 1.807) is 24.4 Å². The maximum Gasteiger partial charge on any atom is 0.249 e. The zero-order chi connectivity index (χ0) is 23.7. The Hall–Kier alpha value is -3.77. The molecule has 2 aliphatic rings. The van der Waals surface area contributed by atoms with Crippen molar-refractivity contribution in [2.45, 2.75) is 44.7 Å². The van der Waals surface area contributed by atoms with Gasteiger partial charge >= 0.3 is 0 Å². The molecule has 0 spiro atoms. The number of hydrogen-bond donors (Lipinski definition) is 1. The van der Waals surface area contributed by atoms with Crippen molar-refractivity contribution in [2.75, 3.05) is 6.61 Å². The van der Waals surface area contributed by atoms with E-state index in [2.05, 4.69) is 16.2 Å². The minimum absolute atomic E-state index is 0.0205. The summed E-state index contributed by atoms with van der Waals surface area (Å²) in [6, 6.07) is 8.99. The molecule has 174 valence electrons. The van der Waals surface area contributed by atoms with E-state index in [0.717, 1.165) is 48.7 Å². The van der Waals surface area contributed by atoms with Crippen molar-refractivity contribution >= 4 is 22.7 Å². The number of nitrogens with zero attached hydrogens (tertiary/aromatic N) is 5. The predicted molar refractivity (Wildman–Crippen MR) is 123 cm³/mol. The van der Waals surface area contributed by atoms with E-state index in [1.165, 1.54) is 11.3 Å². The molecule has 1 saturated heterocycles. The fraction of sp³-hybridized carbons (Fsp3) is 0.400. The molecule has 1 aliphatic heterocycles. The van der Waals surface area contributed by atoms with Gasteiger partial charge in [-0.15, -0.1) is 0 Å². The highest BCUT2D eigenvalue weighted by Crippen LogP contribution is 2.36. The molecule has 5 rings (SSSR count). The maximum absolute atomic E-state index is 13.3. The van der Waals surface area contributed by atoms with Gasteiger partial charge in [0.1, 0.15) is 6.07 Å². The number of rotatable bonds is 5. The van der Waals surface area contributed by atoms with Gasteiger partial charge in [-0.3, -0.25) is 24.1 Å². The molecule has 1 saturated carbocycles. The lowest BCUT2D eigenvalue weighted by Crippen LogP contribution is -2.37. The third-order valence-electron chi connectivity index (χ3n) is 6.88. The summed E-state index contributed by atoms with van der Waals surface area (Å²) in [5.41, 5.74) is 7.90. The molecular weight excluding hydrogens is 432 g/mol. The highest BCUT2D eigenvalue weighted by molar-refractivity contribution is 5.96. The third-order valence-corrected chi connectivity index (χ3v) is 6.88. The number of carbonyl (C=O) groups excluding carboxylic acids is 2. The van der Waals surface area contributed by atoms with Gasteiger partial charge in [-0.05, 0) is 55.4 Å². The number of nitriles is 1. The van der Waals surface area contributed by atoms with Gasteiger partial charge in [0, 0.05) is 48.4 Å². The summed E-state index contributed by atoms with van der Waals surface area (Å²) in [5, 5.41) is 16.3. The zero-order valence-corrected chi connectivity index (χ0v) is 18.8.